The molecule has 4 nitrogen and oxygen atoms in total. The number of nitrogens with one attached hydrogen (secondary N) is 1. The molecule has 96 valence electrons. The largest absolute Gasteiger partial charge is 0.491 e. The van der Waals surface area contributed by atoms with Crippen LogP contribution in [0.1, 0.15) is 5.56 Å². The SMILES string of the molecule is CNCc1cc(Br)ccc1OCCn1ccnc1. The summed E-state index contributed by atoms with van der Waals surface area (Å²) in [6, 6.07) is 6.05. The first-order chi connectivity index (χ1) is 8.79. The van der Waals surface area contributed by atoms with E-state index in [-0.39, 0.29) is 0 Å². The predicted molar refractivity (Wildman–Crippen MR) is 74.6 cm³/mol. The molecule has 18 heavy (non-hydrogen) atoms. The highest BCUT2D eigenvalue weighted by molar-refractivity contribution is 9.10. The van der Waals surface area contributed by atoms with Crippen molar-refractivity contribution in [1.29, 1.82) is 0 Å². The summed E-state index contributed by atoms with van der Waals surface area (Å²) < 4.78 is 8.87. The molecule has 1 aromatic heterocycles. The highest BCUT2D eigenvalue weighted by Crippen LogP contribution is 2.23. The highest BCUT2D eigenvalue weighted by atomic mass is 79.9. The number of rotatable bonds is 6. The van der Waals surface area contributed by atoms with Gasteiger partial charge < -0.3 is 14.6 Å². The Bertz CT molecular complexity index is 485. The molecule has 0 bridgehead atoms. The normalized spacial score (nSPS) is 10.6. The third-order valence-corrected chi connectivity index (χ3v) is 3.05. The van der Waals surface area contributed by atoms with Crippen molar-refractivity contribution in [3.05, 3.63) is 47.0 Å². The van der Waals surface area contributed by atoms with Crippen LogP contribution in [0, 0.1) is 0 Å². The molecule has 5 heteroatoms. The van der Waals surface area contributed by atoms with E-state index in [1.807, 2.05) is 29.9 Å². The Morgan fingerprint density at radius 1 is 1.44 bits per heavy atom. The molecule has 0 saturated heterocycles. The van der Waals surface area contributed by atoms with Gasteiger partial charge in [-0.2, -0.15) is 0 Å². The lowest BCUT2D eigenvalue weighted by Gasteiger charge is -2.12. The first-order valence-corrected chi connectivity index (χ1v) is 6.60. The van der Waals surface area contributed by atoms with Gasteiger partial charge in [-0.25, -0.2) is 4.98 Å². The molecule has 0 radical (unpaired) electrons. The summed E-state index contributed by atoms with van der Waals surface area (Å²) in [6.07, 6.45) is 5.49. The second-order valence-corrected chi connectivity index (χ2v) is 4.85. The van der Waals surface area contributed by atoms with Crippen molar-refractivity contribution < 1.29 is 4.74 Å². The van der Waals surface area contributed by atoms with E-state index in [2.05, 4.69) is 32.3 Å². The van der Waals surface area contributed by atoms with Gasteiger partial charge in [0, 0.05) is 29.0 Å². The topological polar surface area (TPSA) is 39.1 Å². The molecule has 0 aliphatic rings. The van der Waals surface area contributed by atoms with Gasteiger partial charge in [-0.1, -0.05) is 15.9 Å². The maximum atomic E-state index is 5.81. The summed E-state index contributed by atoms with van der Waals surface area (Å²) in [4.78, 5) is 4.00. The van der Waals surface area contributed by atoms with Crippen molar-refractivity contribution in [2.45, 2.75) is 13.1 Å². The minimum absolute atomic E-state index is 0.634. The van der Waals surface area contributed by atoms with E-state index in [0.29, 0.717) is 6.61 Å². The molecule has 0 atom stereocenters. The van der Waals surface area contributed by atoms with E-state index in [1.54, 1.807) is 12.5 Å². The molecular formula is C13H16BrN3O. The zero-order valence-electron chi connectivity index (χ0n) is 10.3. The van der Waals surface area contributed by atoms with Gasteiger partial charge >= 0.3 is 0 Å². The molecule has 0 unspecified atom stereocenters. The summed E-state index contributed by atoms with van der Waals surface area (Å²) in [5, 5.41) is 3.14. The molecule has 0 saturated carbocycles. The summed E-state index contributed by atoms with van der Waals surface area (Å²) in [5.41, 5.74) is 1.15. The fraction of sp³-hybridized carbons (Fsp3) is 0.308. The molecule has 1 N–H and O–H groups in total. The van der Waals surface area contributed by atoms with Crippen LogP contribution < -0.4 is 10.1 Å². The number of halogens is 1. The molecular weight excluding hydrogens is 294 g/mol. The number of ether oxygens (including phenoxy) is 1. The summed E-state index contributed by atoms with van der Waals surface area (Å²) in [5.74, 6) is 0.924. The number of aromatic nitrogens is 2. The summed E-state index contributed by atoms with van der Waals surface area (Å²) >= 11 is 3.47. The van der Waals surface area contributed by atoms with Crippen LogP contribution in [0.3, 0.4) is 0 Å². The van der Waals surface area contributed by atoms with Crippen LogP contribution in [0.2, 0.25) is 0 Å². The van der Waals surface area contributed by atoms with E-state index >= 15 is 0 Å². The van der Waals surface area contributed by atoms with E-state index in [0.717, 1.165) is 28.9 Å². The van der Waals surface area contributed by atoms with Gasteiger partial charge in [0.05, 0.1) is 12.9 Å². The van der Waals surface area contributed by atoms with Gasteiger partial charge in [0.2, 0.25) is 0 Å². The van der Waals surface area contributed by atoms with Crippen LogP contribution in [0.5, 0.6) is 5.75 Å². The van der Waals surface area contributed by atoms with E-state index in [1.165, 1.54) is 0 Å². The van der Waals surface area contributed by atoms with Crippen molar-refractivity contribution in [3.63, 3.8) is 0 Å². The molecule has 0 aliphatic carbocycles. The van der Waals surface area contributed by atoms with Gasteiger partial charge in [0.15, 0.2) is 0 Å². The minimum Gasteiger partial charge on any atom is -0.491 e. The lowest BCUT2D eigenvalue weighted by Crippen LogP contribution is -2.10. The van der Waals surface area contributed by atoms with Crippen molar-refractivity contribution >= 4 is 15.9 Å². The average molecular weight is 310 g/mol. The third kappa shape index (κ3) is 3.58. The van der Waals surface area contributed by atoms with Crippen LogP contribution in [0.4, 0.5) is 0 Å². The number of imidazole rings is 1. The first-order valence-electron chi connectivity index (χ1n) is 5.81. The van der Waals surface area contributed by atoms with Gasteiger partial charge in [-0.05, 0) is 25.2 Å². The van der Waals surface area contributed by atoms with E-state index < -0.39 is 0 Å². The molecule has 0 fully saturated rings. The molecule has 1 aromatic carbocycles. The second-order valence-electron chi connectivity index (χ2n) is 3.93. The van der Waals surface area contributed by atoms with Crippen LogP contribution in [0.25, 0.3) is 0 Å². The molecule has 2 rings (SSSR count). The minimum atomic E-state index is 0.634. The zero-order chi connectivity index (χ0) is 12.8. The number of nitrogens with zero attached hydrogens (tertiary/aromatic N) is 2. The van der Waals surface area contributed by atoms with Crippen LogP contribution in [-0.2, 0) is 13.1 Å². The summed E-state index contributed by atoms with van der Waals surface area (Å²) in [6.45, 7) is 2.23. The van der Waals surface area contributed by atoms with Gasteiger partial charge in [-0.3, -0.25) is 0 Å². The second kappa shape index (κ2) is 6.56. The van der Waals surface area contributed by atoms with Gasteiger partial charge in [0.25, 0.3) is 0 Å². The van der Waals surface area contributed by atoms with Crippen LogP contribution in [0.15, 0.2) is 41.4 Å². The van der Waals surface area contributed by atoms with E-state index in [4.69, 9.17) is 4.74 Å². The van der Waals surface area contributed by atoms with Gasteiger partial charge in [-0.15, -0.1) is 0 Å². The van der Waals surface area contributed by atoms with Crippen molar-refractivity contribution in [2.24, 2.45) is 0 Å². The maximum Gasteiger partial charge on any atom is 0.123 e. The Morgan fingerprint density at radius 3 is 3.06 bits per heavy atom. The van der Waals surface area contributed by atoms with E-state index in [9.17, 15) is 0 Å². The molecule has 1 heterocycles. The average Bonchev–Trinajstić information content (AvgIpc) is 2.85. The fourth-order valence-corrected chi connectivity index (χ4v) is 2.11. The predicted octanol–water partition coefficient (Wildman–Crippen LogP) is 2.44. The van der Waals surface area contributed by atoms with Crippen molar-refractivity contribution in [2.75, 3.05) is 13.7 Å². The Labute approximate surface area is 115 Å². The van der Waals surface area contributed by atoms with Crippen LogP contribution in [-0.4, -0.2) is 23.2 Å². The Morgan fingerprint density at radius 2 is 2.33 bits per heavy atom. The van der Waals surface area contributed by atoms with Crippen molar-refractivity contribution in [3.8, 4) is 5.75 Å². The highest BCUT2D eigenvalue weighted by Gasteiger charge is 2.03. The smallest absolute Gasteiger partial charge is 0.123 e. The lowest BCUT2D eigenvalue weighted by molar-refractivity contribution is 0.295. The third-order valence-electron chi connectivity index (χ3n) is 2.56. The van der Waals surface area contributed by atoms with Gasteiger partial charge in [0.1, 0.15) is 12.4 Å². The fourth-order valence-electron chi connectivity index (χ4n) is 1.70. The Balaban J connectivity index is 1.95. The van der Waals surface area contributed by atoms with Crippen LogP contribution >= 0.6 is 15.9 Å². The Kier molecular flexibility index (Phi) is 4.78. The molecule has 0 amide bonds. The lowest BCUT2D eigenvalue weighted by atomic mass is 10.2. The molecule has 0 aliphatic heterocycles. The number of hydrogen-bond acceptors (Lipinski definition) is 3. The Hall–Kier alpha value is -1.33. The monoisotopic (exact) mass is 309 g/mol. The summed E-state index contributed by atoms with van der Waals surface area (Å²) in [7, 11) is 1.93. The molecule has 0 spiro atoms. The number of benzene rings is 1. The standard InChI is InChI=1S/C13H16BrN3O/c1-15-9-11-8-12(14)2-3-13(11)18-7-6-17-5-4-16-10-17/h2-5,8,10,15H,6-7,9H2,1H3. The molecule has 2 aromatic rings. The maximum absolute atomic E-state index is 5.81. The van der Waals surface area contributed by atoms with Crippen molar-refractivity contribution in [1.82, 2.24) is 14.9 Å². The quantitative estimate of drug-likeness (QED) is 0.891. The number of hydrogen-bond donors (Lipinski definition) is 1. The zero-order valence-corrected chi connectivity index (χ0v) is 11.9. The first kappa shape index (κ1) is 13.1.